The molecule has 2 heterocycles. The molecule has 0 spiro atoms. The number of anilines is 1. The van der Waals surface area contributed by atoms with E-state index in [4.69, 9.17) is 4.74 Å². The van der Waals surface area contributed by atoms with Gasteiger partial charge < -0.3 is 9.84 Å². The van der Waals surface area contributed by atoms with E-state index < -0.39 is 17.7 Å². The number of benzene rings is 3. The summed E-state index contributed by atoms with van der Waals surface area (Å²) in [5.41, 5.74) is 1.99. The molecular formula is C27H21BrN2O4S. The Kier molecular flexibility index (Phi) is 5.94. The lowest BCUT2D eigenvalue weighted by Gasteiger charge is -2.23. The molecule has 8 heteroatoms. The van der Waals surface area contributed by atoms with E-state index in [9.17, 15) is 14.7 Å². The average molecular weight is 549 g/mol. The third-order valence-corrected chi connectivity index (χ3v) is 7.78. The van der Waals surface area contributed by atoms with Gasteiger partial charge in [0.25, 0.3) is 5.78 Å². The number of aromatic nitrogens is 1. The lowest BCUT2D eigenvalue weighted by Crippen LogP contribution is -2.29. The second-order valence-corrected chi connectivity index (χ2v) is 10.4. The Morgan fingerprint density at radius 2 is 1.71 bits per heavy atom. The van der Waals surface area contributed by atoms with Crippen LogP contribution in [-0.2, 0) is 9.59 Å². The molecule has 176 valence electrons. The minimum absolute atomic E-state index is 0.0377. The van der Waals surface area contributed by atoms with E-state index in [1.54, 1.807) is 19.2 Å². The molecule has 1 amide bonds. The zero-order valence-electron chi connectivity index (χ0n) is 19.2. The van der Waals surface area contributed by atoms with Crippen molar-refractivity contribution in [3.05, 3.63) is 92.4 Å². The van der Waals surface area contributed by atoms with E-state index in [1.807, 2.05) is 62.4 Å². The van der Waals surface area contributed by atoms with Crippen molar-refractivity contribution in [2.75, 3.05) is 12.0 Å². The van der Waals surface area contributed by atoms with Crippen LogP contribution in [0.4, 0.5) is 5.13 Å². The van der Waals surface area contributed by atoms with Gasteiger partial charge >= 0.3 is 5.91 Å². The standard InChI is InChI=1S/C27H21BrN2O4S/c1-14-15(2)35-27(29-14)30-23(16-6-9-20(28)10-7-16)22(25(32)26(30)33)24(31)19-5-4-18-13-21(34-3)11-8-17(18)12-19/h4-13,23,31H,1-3H3/b24-22+. The highest BCUT2D eigenvalue weighted by molar-refractivity contribution is 9.10. The number of halogens is 1. The van der Waals surface area contributed by atoms with Crippen LogP contribution < -0.4 is 9.64 Å². The van der Waals surface area contributed by atoms with Crippen molar-refractivity contribution in [3.8, 4) is 5.75 Å². The highest BCUT2D eigenvalue weighted by Gasteiger charge is 2.48. The molecule has 1 aliphatic rings. The highest BCUT2D eigenvalue weighted by Crippen LogP contribution is 2.44. The number of ether oxygens (including phenoxy) is 1. The number of thiazole rings is 1. The van der Waals surface area contributed by atoms with Gasteiger partial charge in [0, 0.05) is 14.9 Å². The SMILES string of the molecule is COc1ccc2cc(/C(O)=C3\C(=O)C(=O)N(c4nc(C)c(C)s4)C3c3ccc(Br)cc3)ccc2c1. The second-order valence-electron chi connectivity index (χ2n) is 8.29. The number of carbonyl (C=O) groups excluding carboxylic acids is 2. The largest absolute Gasteiger partial charge is 0.507 e. The molecular weight excluding hydrogens is 528 g/mol. The number of methoxy groups -OCH3 is 1. The van der Waals surface area contributed by atoms with Gasteiger partial charge in [-0.3, -0.25) is 14.5 Å². The Morgan fingerprint density at radius 1 is 1.03 bits per heavy atom. The van der Waals surface area contributed by atoms with E-state index >= 15 is 0 Å². The van der Waals surface area contributed by atoms with E-state index in [2.05, 4.69) is 20.9 Å². The minimum atomic E-state index is -0.806. The van der Waals surface area contributed by atoms with E-state index in [-0.39, 0.29) is 11.3 Å². The van der Waals surface area contributed by atoms with Crippen LogP contribution in [-0.4, -0.2) is 28.9 Å². The Labute approximate surface area is 214 Å². The lowest BCUT2D eigenvalue weighted by atomic mass is 9.94. The molecule has 0 radical (unpaired) electrons. The number of carbonyl (C=O) groups is 2. The minimum Gasteiger partial charge on any atom is -0.507 e. The Morgan fingerprint density at radius 3 is 2.37 bits per heavy atom. The van der Waals surface area contributed by atoms with Crippen molar-refractivity contribution >= 4 is 60.6 Å². The van der Waals surface area contributed by atoms with Gasteiger partial charge in [-0.15, -0.1) is 11.3 Å². The first-order valence-electron chi connectivity index (χ1n) is 10.9. The first-order valence-corrected chi connectivity index (χ1v) is 12.5. The molecule has 1 aliphatic heterocycles. The predicted molar refractivity (Wildman–Crippen MR) is 141 cm³/mol. The summed E-state index contributed by atoms with van der Waals surface area (Å²) in [7, 11) is 1.61. The molecule has 0 saturated carbocycles. The summed E-state index contributed by atoms with van der Waals surface area (Å²) in [6, 6.07) is 17.6. The summed E-state index contributed by atoms with van der Waals surface area (Å²) < 4.78 is 6.15. The number of amides is 1. The van der Waals surface area contributed by atoms with Gasteiger partial charge in [0.2, 0.25) is 0 Å². The summed E-state index contributed by atoms with van der Waals surface area (Å²) >= 11 is 4.79. The fraction of sp³-hybridized carbons (Fsp3) is 0.148. The van der Waals surface area contributed by atoms with E-state index in [0.29, 0.717) is 16.3 Å². The number of rotatable bonds is 4. The van der Waals surface area contributed by atoms with Crippen molar-refractivity contribution < 1.29 is 19.4 Å². The Balaban J connectivity index is 1.70. The van der Waals surface area contributed by atoms with Gasteiger partial charge in [-0.2, -0.15) is 0 Å². The van der Waals surface area contributed by atoms with Crippen LogP contribution in [0, 0.1) is 13.8 Å². The van der Waals surface area contributed by atoms with Crippen LogP contribution in [0.15, 0.2) is 70.7 Å². The zero-order chi connectivity index (χ0) is 24.9. The molecule has 3 aromatic carbocycles. The zero-order valence-corrected chi connectivity index (χ0v) is 21.6. The molecule has 4 aromatic rings. The van der Waals surface area contributed by atoms with Gasteiger partial charge in [-0.1, -0.05) is 46.3 Å². The lowest BCUT2D eigenvalue weighted by molar-refractivity contribution is -0.132. The van der Waals surface area contributed by atoms with Crippen molar-refractivity contribution in [2.45, 2.75) is 19.9 Å². The number of aliphatic hydroxyl groups is 1. The van der Waals surface area contributed by atoms with Gasteiger partial charge in [0.05, 0.1) is 24.4 Å². The normalized spacial score (nSPS) is 17.4. The summed E-state index contributed by atoms with van der Waals surface area (Å²) in [5.74, 6) is -0.944. The molecule has 1 N–H and O–H groups in total. The number of ketones is 1. The second kappa shape index (κ2) is 8.94. The Hall–Kier alpha value is -3.49. The molecule has 5 rings (SSSR count). The van der Waals surface area contributed by atoms with Gasteiger partial charge in [-0.25, -0.2) is 4.98 Å². The average Bonchev–Trinajstić information content (AvgIpc) is 3.33. The van der Waals surface area contributed by atoms with E-state index in [1.165, 1.54) is 16.2 Å². The third-order valence-electron chi connectivity index (χ3n) is 6.17. The molecule has 6 nitrogen and oxygen atoms in total. The van der Waals surface area contributed by atoms with Gasteiger partial charge in [0.15, 0.2) is 5.13 Å². The van der Waals surface area contributed by atoms with Gasteiger partial charge in [0.1, 0.15) is 11.5 Å². The fourth-order valence-corrected chi connectivity index (χ4v) is 5.40. The number of Topliss-reactive ketones (excluding diaryl/α,β-unsaturated/α-hetero) is 1. The van der Waals surface area contributed by atoms with Crippen LogP contribution in [0.5, 0.6) is 5.75 Å². The van der Waals surface area contributed by atoms with Crippen molar-refractivity contribution in [2.24, 2.45) is 0 Å². The summed E-state index contributed by atoms with van der Waals surface area (Å²) in [4.78, 5) is 33.5. The quantitative estimate of drug-likeness (QED) is 0.183. The van der Waals surface area contributed by atoms with Crippen molar-refractivity contribution in [3.63, 3.8) is 0 Å². The van der Waals surface area contributed by atoms with Crippen molar-refractivity contribution in [1.82, 2.24) is 4.98 Å². The summed E-state index contributed by atoms with van der Waals surface area (Å²) in [5, 5.41) is 13.6. The first-order chi connectivity index (χ1) is 16.8. The summed E-state index contributed by atoms with van der Waals surface area (Å²) in [6.07, 6.45) is 0. The smallest absolute Gasteiger partial charge is 0.301 e. The molecule has 1 atom stereocenters. The van der Waals surface area contributed by atoms with Crippen LogP contribution in [0.1, 0.15) is 27.7 Å². The van der Waals surface area contributed by atoms with Crippen LogP contribution in [0.3, 0.4) is 0 Å². The molecule has 1 saturated heterocycles. The molecule has 0 bridgehead atoms. The summed E-state index contributed by atoms with van der Waals surface area (Å²) in [6.45, 7) is 3.79. The van der Waals surface area contributed by atoms with Crippen LogP contribution >= 0.6 is 27.3 Å². The third kappa shape index (κ3) is 4.02. The van der Waals surface area contributed by atoms with Crippen LogP contribution in [0.25, 0.3) is 16.5 Å². The molecule has 1 unspecified atom stereocenters. The highest BCUT2D eigenvalue weighted by atomic mass is 79.9. The molecule has 1 fully saturated rings. The monoisotopic (exact) mass is 548 g/mol. The van der Waals surface area contributed by atoms with Crippen molar-refractivity contribution in [1.29, 1.82) is 0 Å². The maximum absolute atomic E-state index is 13.3. The fourth-order valence-electron chi connectivity index (χ4n) is 4.20. The van der Waals surface area contributed by atoms with Crippen LogP contribution in [0.2, 0.25) is 0 Å². The topological polar surface area (TPSA) is 79.7 Å². The predicted octanol–water partition coefficient (Wildman–Crippen LogP) is 6.31. The molecule has 0 aliphatic carbocycles. The Bertz CT molecular complexity index is 1500. The number of aryl methyl sites for hydroxylation is 2. The van der Waals surface area contributed by atoms with Gasteiger partial charge in [-0.05, 0) is 60.5 Å². The number of aliphatic hydroxyl groups excluding tert-OH is 1. The molecule has 1 aromatic heterocycles. The van der Waals surface area contributed by atoms with E-state index in [0.717, 1.165) is 31.6 Å². The maximum atomic E-state index is 13.3. The molecule has 35 heavy (non-hydrogen) atoms. The number of fused-ring (bicyclic) bond motifs is 1. The number of hydrogen-bond acceptors (Lipinski definition) is 6. The number of hydrogen-bond donors (Lipinski definition) is 1. The first kappa shape index (κ1) is 23.3. The number of nitrogens with zero attached hydrogens (tertiary/aromatic N) is 2. The maximum Gasteiger partial charge on any atom is 0.301 e.